The number of nitrogens with zero attached hydrogens (tertiary/aromatic N) is 3. The molecular formula is C8H9N3O3S2. The standard InChI is InChI=1S/C8H9N3O3S2/c1-10(16(2,13)14)11-5-9-6-3-4-15-7(6)8(11)12/h3-5H,1-2H3. The van der Waals surface area contributed by atoms with Gasteiger partial charge in [0.25, 0.3) is 5.56 Å². The van der Waals surface area contributed by atoms with Crippen LogP contribution < -0.4 is 9.97 Å². The predicted molar refractivity (Wildman–Crippen MR) is 62.9 cm³/mol. The molecule has 0 N–H and O–H groups in total. The molecule has 86 valence electrons. The number of thiophene rings is 1. The summed E-state index contributed by atoms with van der Waals surface area (Å²) in [4.78, 5) is 15.9. The van der Waals surface area contributed by atoms with E-state index in [1.165, 1.54) is 24.7 Å². The largest absolute Gasteiger partial charge is 0.290 e. The lowest BCUT2D eigenvalue weighted by atomic mass is 10.5. The van der Waals surface area contributed by atoms with Crippen molar-refractivity contribution >= 4 is 31.6 Å². The first kappa shape index (κ1) is 11.1. The van der Waals surface area contributed by atoms with Crippen molar-refractivity contribution in [3.8, 4) is 0 Å². The fourth-order valence-electron chi connectivity index (χ4n) is 1.20. The molecule has 0 saturated carbocycles. The topological polar surface area (TPSA) is 72.3 Å². The lowest BCUT2D eigenvalue weighted by Gasteiger charge is -2.17. The first-order valence-electron chi connectivity index (χ1n) is 4.30. The SMILES string of the molecule is CN(n1cnc2ccsc2c1=O)S(C)(=O)=O. The van der Waals surface area contributed by atoms with Crippen LogP contribution in [0.1, 0.15) is 0 Å². The molecule has 16 heavy (non-hydrogen) atoms. The molecule has 0 fully saturated rings. The van der Waals surface area contributed by atoms with Crippen molar-refractivity contribution in [3.63, 3.8) is 0 Å². The number of hydrogen-bond donors (Lipinski definition) is 0. The van der Waals surface area contributed by atoms with E-state index in [9.17, 15) is 13.2 Å². The molecule has 0 unspecified atom stereocenters. The second kappa shape index (κ2) is 3.56. The van der Waals surface area contributed by atoms with Crippen molar-refractivity contribution in [2.45, 2.75) is 0 Å². The van der Waals surface area contributed by atoms with Gasteiger partial charge in [0.05, 0.1) is 11.8 Å². The highest BCUT2D eigenvalue weighted by molar-refractivity contribution is 7.91. The van der Waals surface area contributed by atoms with Crippen LogP contribution in [0.4, 0.5) is 0 Å². The summed E-state index contributed by atoms with van der Waals surface area (Å²) < 4.78 is 24.9. The molecule has 6 nitrogen and oxygen atoms in total. The van der Waals surface area contributed by atoms with Crippen molar-refractivity contribution in [2.75, 3.05) is 17.7 Å². The van der Waals surface area contributed by atoms with Crippen LogP contribution in [0, 0.1) is 0 Å². The summed E-state index contributed by atoms with van der Waals surface area (Å²) in [5.74, 6) is 0. The van der Waals surface area contributed by atoms with Crippen LogP contribution >= 0.6 is 11.3 Å². The van der Waals surface area contributed by atoms with Crippen LogP contribution in [-0.2, 0) is 10.0 Å². The molecule has 0 atom stereocenters. The number of aromatic nitrogens is 2. The van der Waals surface area contributed by atoms with E-state index in [0.29, 0.717) is 10.2 Å². The Bertz CT molecular complexity index is 686. The van der Waals surface area contributed by atoms with E-state index in [-0.39, 0.29) is 5.56 Å². The second-order valence-electron chi connectivity index (χ2n) is 3.23. The summed E-state index contributed by atoms with van der Waals surface area (Å²) in [6.45, 7) is 0. The van der Waals surface area contributed by atoms with Gasteiger partial charge < -0.3 is 0 Å². The van der Waals surface area contributed by atoms with Gasteiger partial charge in [0.15, 0.2) is 0 Å². The summed E-state index contributed by atoms with van der Waals surface area (Å²) in [6.07, 6.45) is 2.23. The highest BCUT2D eigenvalue weighted by atomic mass is 32.2. The predicted octanol–water partition coefficient (Wildman–Crippen LogP) is -0.0146. The molecule has 8 heteroatoms. The minimum atomic E-state index is -3.47. The monoisotopic (exact) mass is 259 g/mol. The van der Waals surface area contributed by atoms with E-state index in [2.05, 4.69) is 4.98 Å². The van der Waals surface area contributed by atoms with Crippen LogP contribution in [-0.4, -0.2) is 31.4 Å². The average molecular weight is 259 g/mol. The molecule has 0 saturated heterocycles. The zero-order valence-corrected chi connectivity index (χ0v) is 10.2. The fourth-order valence-corrected chi connectivity index (χ4v) is 2.40. The Labute approximate surface area is 95.8 Å². The molecule has 0 bridgehead atoms. The lowest BCUT2D eigenvalue weighted by molar-refractivity contribution is 0.581. The van der Waals surface area contributed by atoms with Gasteiger partial charge in [-0.2, -0.15) is 4.68 Å². The summed E-state index contributed by atoms with van der Waals surface area (Å²) >= 11 is 1.24. The number of rotatable bonds is 2. The average Bonchev–Trinajstić information content (AvgIpc) is 2.64. The molecular weight excluding hydrogens is 250 g/mol. The number of sulfonamides is 1. The zero-order valence-electron chi connectivity index (χ0n) is 8.61. The van der Waals surface area contributed by atoms with Crippen LogP contribution in [0.5, 0.6) is 0 Å². The van der Waals surface area contributed by atoms with Gasteiger partial charge in [0, 0.05) is 7.05 Å². The maximum atomic E-state index is 11.9. The second-order valence-corrected chi connectivity index (χ2v) is 6.14. The Morgan fingerprint density at radius 3 is 2.81 bits per heavy atom. The van der Waals surface area contributed by atoms with Crippen LogP contribution in [0.15, 0.2) is 22.6 Å². The first-order chi connectivity index (χ1) is 7.41. The smallest absolute Gasteiger partial charge is 0.266 e. The first-order valence-corrected chi connectivity index (χ1v) is 7.03. The maximum absolute atomic E-state index is 11.9. The summed E-state index contributed by atoms with van der Waals surface area (Å²) in [6, 6.07) is 1.71. The zero-order chi connectivity index (χ0) is 11.9. The molecule has 2 aromatic rings. The van der Waals surface area contributed by atoms with Crippen molar-refractivity contribution in [2.24, 2.45) is 0 Å². The normalized spacial score (nSPS) is 11.9. The minimum absolute atomic E-state index is 0.382. The van der Waals surface area contributed by atoms with E-state index >= 15 is 0 Å². The van der Waals surface area contributed by atoms with E-state index in [1.807, 2.05) is 0 Å². The maximum Gasteiger partial charge on any atom is 0.290 e. The van der Waals surface area contributed by atoms with E-state index < -0.39 is 10.0 Å². The van der Waals surface area contributed by atoms with Crippen LogP contribution in [0.2, 0.25) is 0 Å². The Morgan fingerprint density at radius 1 is 1.50 bits per heavy atom. The fraction of sp³-hybridized carbons (Fsp3) is 0.250. The van der Waals surface area contributed by atoms with Crippen LogP contribution in [0.25, 0.3) is 10.2 Å². The summed E-state index contributed by atoms with van der Waals surface area (Å²) in [5.41, 5.74) is 0.195. The van der Waals surface area contributed by atoms with Crippen molar-refractivity contribution in [1.29, 1.82) is 0 Å². The summed E-state index contributed by atoms with van der Waals surface area (Å²) in [5, 5.41) is 1.74. The van der Waals surface area contributed by atoms with Gasteiger partial charge in [-0.25, -0.2) is 17.8 Å². The van der Waals surface area contributed by atoms with Gasteiger partial charge in [-0.1, -0.05) is 0 Å². The lowest BCUT2D eigenvalue weighted by Crippen LogP contribution is -2.42. The van der Waals surface area contributed by atoms with Crippen molar-refractivity contribution < 1.29 is 8.42 Å². The molecule has 0 aliphatic heterocycles. The van der Waals surface area contributed by atoms with Crippen LogP contribution in [0.3, 0.4) is 0 Å². The third-order valence-electron chi connectivity index (χ3n) is 2.14. The van der Waals surface area contributed by atoms with E-state index in [4.69, 9.17) is 0 Å². The third-order valence-corrected chi connectivity index (χ3v) is 4.16. The molecule has 0 radical (unpaired) electrons. The highest BCUT2D eigenvalue weighted by Crippen LogP contribution is 2.13. The highest BCUT2D eigenvalue weighted by Gasteiger charge is 2.15. The Kier molecular flexibility index (Phi) is 2.47. The van der Waals surface area contributed by atoms with Crippen molar-refractivity contribution in [3.05, 3.63) is 28.1 Å². The van der Waals surface area contributed by atoms with Gasteiger partial charge in [0.1, 0.15) is 11.0 Å². The molecule has 0 amide bonds. The number of fused-ring (bicyclic) bond motifs is 1. The van der Waals surface area contributed by atoms with Gasteiger partial charge in [0.2, 0.25) is 10.0 Å². The van der Waals surface area contributed by atoms with Gasteiger partial charge in [-0.05, 0) is 11.4 Å². The van der Waals surface area contributed by atoms with Gasteiger partial charge >= 0.3 is 0 Å². The molecule has 0 aliphatic carbocycles. The van der Waals surface area contributed by atoms with E-state index in [1.54, 1.807) is 11.4 Å². The molecule has 0 aliphatic rings. The molecule has 2 heterocycles. The molecule has 0 spiro atoms. The quantitative estimate of drug-likeness (QED) is 0.760. The van der Waals surface area contributed by atoms with Gasteiger partial charge in [-0.15, -0.1) is 11.3 Å². The Balaban J connectivity index is 2.71. The third kappa shape index (κ3) is 1.69. The Hall–Kier alpha value is -1.41. The molecule has 0 aromatic carbocycles. The Morgan fingerprint density at radius 2 is 2.19 bits per heavy atom. The number of hydrogen-bond acceptors (Lipinski definition) is 5. The summed E-state index contributed by atoms with van der Waals surface area (Å²) in [7, 11) is -2.17. The van der Waals surface area contributed by atoms with Crippen molar-refractivity contribution in [1.82, 2.24) is 9.66 Å². The van der Waals surface area contributed by atoms with Gasteiger partial charge in [-0.3, -0.25) is 4.79 Å². The van der Waals surface area contributed by atoms with E-state index in [0.717, 1.165) is 15.3 Å². The molecule has 2 aromatic heterocycles. The molecule has 2 rings (SSSR count). The minimum Gasteiger partial charge on any atom is -0.266 e.